The summed E-state index contributed by atoms with van der Waals surface area (Å²) in [4.78, 5) is 25.2. The Morgan fingerprint density at radius 2 is 2.28 bits per heavy atom. The number of carbonyl (C=O) groups excluding carboxylic acids is 2. The van der Waals surface area contributed by atoms with Gasteiger partial charge in [0.15, 0.2) is 11.3 Å². The number of hydrogen-bond acceptors (Lipinski definition) is 4. The Balaban J connectivity index is 1.70. The summed E-state index contributed by atoms with van der Waals surface area (Å²) in [6.45, 7) is 5.22. The van der Waals surface area contributed by atoms with Crippen molar-refractivity contribution in [2.75, 3.05) is 19.7 Å². The monoisotopic (exact) mass is 345 g/mol. The lowest BCUT2D eigenvalue weighted by Crippen LogP contribution is -2.40. The highest BCUT2D eigenvalue weighted by atomic mass is 16.5. The minimum atomic E-state index is -0.357. The molecular formula is C18H23N3O4. The SMILES string of the molecule is CCOc1cccc2cc([C@@H](C)NC(=O)N3CC[C@H](C(N)=O)C3)oc12. The Morgan fingerprint density at radius 3 is 2.96 bits per heavy atom. The number of nitrogens with two attached hydrogens (primary N) is 1. The van der Waals surface area contributed by atoms with Gasteiger partial charge in [-0.2, -0.15) is 0 Å². The largest absolute Gasteiger partial charge is 0.490 e. The quantitative estimate of drug-likeness (QED) is 0.869. The summed E-state index contributed by atoms with van der Waals surface area (Å²) in [6, 6.07) is 7.08. The number of urea groups is 1. The number of fused-ring (bicyclic) bond motifs is 1. The number of ether oxygens (including phenoxy) is 1. The normalized spacial score (nSPS) is 18.3. The van der Waals surface area contributed by atoms with Crippen molar-refractivity contribution < 1.29 is 18.7 Å². The van der Waals surface area contributed by atoms with E-state index < -0.39 is 0 Å². The molecule has 0 bridgehead atoms. The van der Waals surface area contributed by atoms with Crippen LogP contribution >= 0.6 is 0 Å². The van der Waals surface area contributed by atoms with Crippen LogP contribution < -0.4 is 15.8 Å². The molecule has 1 aromatic heterocycles. The summed E-state index contributed by atoms with van der Waals surface area (Å²) in [5, 5.41) is 3.84. The number of primary amides is 1. The van der Waals surface area contributed by atoms with Gasteiger partial charge < -0.3 is 25.1 Å². The molecule has 2 aromatic rings. The summed E-state index contributed by atoms with van der Waals surface area (Å²) in [6.07, 6.45) is 0.611. The second-order valence-electron chi connectivity index (χ2n) is 6.26. The van der Waals surface area contributed by atoms with Gasteiger partial charge >= 0.3 is 6.03 Å². The minimum absolute atomic E-state index is 0.221. The Hall–Kier alpha value is -2.70. The van der Waals surface area contributed by atoms with Crippen molar-refractivity contribution in [3.63, 3.8) is 0 Å². The summed E-state index contributed by atoms with van der Waals surface area (Å²) < 4.78 is 11.5. The number of hydrogen-bond donors (Lipinski definition) is 2. The van der Waals surface area contributed by atoms with Crippen LogP contribution in [0.3, 0.4) is 0 Å². The molecule has 2 heterocycles. The second kappa shape index (κ2) is 7.04. The summed E-state index contributed by atoms with van der Waals surface area (Å²) in [7, 11) is 0. The molecule has 1 fully saturated rings. The first kappa shape index (κ1) is 17.1. The molecule has 7 heteroatoms. The van der Waals surface area contributed by atoms with Crippen LogP contribution in [0, 0.1) is 5.92 Å². The van der Waals surface area contributed by atoms with E-state index in [2.05, 4.69) is 5.32 Å². The van der Waals surface area contributed by atoms with Crippen molar-refractivity contribution in [1.82, 2.24) is 10.2 Å². The number of amides is 3. The van der Waals surface area contributed by atoms with Gasteiger partial charge in [0.2, 0.25) is 5.91 Å². The van der Waals surface area contributed by atoms with Crippen molar-refractivity contribution in [2.24, 2.45) is 11.7 Å². The van der Waals surface area contributed by atoms with Gasteiger partial charge in [0.25, 0.3) is 0 Å². The molecule has 134 valence electrons. The molecular weight excluding hydrogens is 322 g/mol. The molecule has 0 spiro atoms. The summed E-state index contributed by atoms with van der Waals surface area (Å²) in [5.74, 6) is 0.722. The molecule has 3 amide bonds. The highest BCUT2D eigenvalue weighted by Gasteiger charge is 2.30. The molecule has 1 aliphatic rings. The smallest absolute Gasteiger partial charge is 0.318 e. The number of likely N-dealkylation sites (tertiary alicyclic amines) is 1. The average molecular weight is 345 g/mol. The fourth-order valence-corrected chi connectivity index (χ4v) is 3.06. The van der Waals surface area contributed by atoms with E-state index in [0.717, 1.165) is 5.39 Å². The molecule has 1 aliphatic heterocycles. The maximum Gasteiger partial charge on any atom is 0.318 e. The number of nitrogens with one attached hydrogen (secondary N) is 1. The predicted octanol–water partition coefficient (Wildman–Crippen LogP) is 2.41. The van der Waals surface area contributed by atoms with E-state index >= 15 is 0 Å². The number of nitrogens with zero attached hydrogens (tertiary/aromatic N) is 1. The fourth-order valence-electron chi connectivity index (χ4n) is 3.06. The lowest BCUT2D eigenvalue weighted by Gasteiger charge is -2.19. The van der Waals surface area contributed by atoms with E-state index in [1.807, 2.05) is 38.1 Å². The third-order valence-corrected chi connectivity index (χ3v) is 4.47. The fraction of sp³-hybridized carbons (Fsp3) is 0.444. The Kier molecular flexibility index (Phi) is 4.83. The molecule has 2 atom stereocenters. The molecule has 0 aliphatic carbocycles. The first-order valence-electron chi connectivity index (χ1n) is 8.49. The number of para-hydroxylation sites is 1. The van der Waals surface area contributed by atoms with Gasteiger partial charge in [-0.1, -0.05) is 12.1 Å². The zero-order valence-corrected chi connectivity index (χ0v) is 14.5. The Bertz CT molecular complexity index is 786. The van der Waals surface area contributed by atoms with Gasteiger partial charge in [-0.05, 0) is 32.4 Å². The maximum atomic E-state index is 12.4. The second-order valence-corrected chi connectivity index (χ2v) is 6.26. The van der Waals surface area contributed by atoms with E-state index in [4.69, 9.17) is 14.9 Å². The van der Waals surface area contributed by atoms with Crippen LogP contribution in [0.4, 0.5) is 4.79 Å². The van der Waals surface area contributed by atoms with Crippen molar-refractivity contribution in [3.8, 4) is 5.75 Å². The van der Waals surface area contributed by atoms with E-state index in [-0.39, 0.29) is 23.9 Å². The Labute approximate surface area is 146 Å². The van der Waals surface area contributed by atoms with Gasteiger partial charge in [0.05, 0.1) is 18.6 Å². The van der Waals surface area contributed by atoms with Crippen LogP contribution in [0.25, 0.3) is 11.0 Å². The van der Waals surface area contributed by atoms with Gasteiger partial charge in [0, 0.05) is 18.5 Å². The van der Waals surface area contributed by atoms with Gasteiger partial charge in [-0.15, -0.1) is 0 Å². The van der Waals surface area contributed by atoms with Crippen LogP contribution in [0.5, 0.6) is 5.75 Å². The van der Waals surface area contributed by atoms with Crippen LogP contribution in [0.1, 0.15) is 32.1 Å². The van der Waals surface area contributed by atoms with Crippen LogP contribution in [-0.4, -0.2) is 36.5 Å². The minimum Gasteiger partial charge on any atom is -0.490 e. The van der Waals surface area contributed by atoms with Crippen LogP contribution in [0.2, 0.25) is 0 Å². The van der Waals surface area contributed by atoms with Crippen molar-refractivity contribution in [1.29, 1.82) is 0 Å². The number of carbonyl (C=O) groups is 2. The Morgan fingerprint density at radius 1 is 1.48 bits per heavy atom. The first-order chi connectivity index (χ1) is 12.0. The van der Waals surface area contributed by atoms with E-state index in [1.54, 1.807) is 4.90 Å². The molecule has 3 N–H and O–H groups in total. The summed E-state index contributed by atoms with van der Waals surface area (Å²) in [5.41, 5.74) is 5.99. The highest BCUT2D eigenvalue weighted by Crippen LogP contribution is 2.31. The molecule has 0 radical (unpaired) electrons. The molecule has 3 rings (SSSR count). The number of benzene rings is 1. The van der Waals surface area contributed by atoms with Gasteiger partial charge in [0.1, 0.15) is 5.76 Å². The van der Waals surface area contributed by atoms with Crippen molar-refractivity contribution in [2.45, 2.75) is 26.3 Å². The molecule has 7 nitrogen and oxygen atoms in total. The first-order valence-corrected chi connectivity index (χ1v) is 8.49. The zero-order valence-electron chi connectivity index (χ0n) is 14.5. The van der Waals surface area contributed by atoms with E-state index in [1.165, 1.54) is 0 Å². The molecule has 25 heavy (non-hydrogen) atoms. The van der Waals surface area contributed by atoms with Crippen molar-refractivity contribution >= 4 is 22.9 Å². The average Bonchev–Trinajstić information content (AvgIpc) is 3.23. The third-order valence-electron chi connectivity index (χ3n) is 4.47. The van der Waals surface area contributed by atoms with Crippen molar-refractivity contribution in [3.05, 3.63) is 30.0 Å². The summed E-state index contributed by atoms with van der Waals surface area (Å²) >= 11 is 0. The lowest BCUT2D eigenvalue weighted by atomic mass is 10.1. The molecule has 1 aromatic carbocycles. The molecule has 0 saturated carbocycles. The maximum absolute atomic E-state index is 12.4. The number of rotatable bonds is 5. The standard InChI is InChI=1S/C18H23N3O4/c1-3-24-14-6-4-5-12-9-15(25-16(12)14)11(2)20-18(23)21-8-7-13(10-21)17(19)22/h4-6,9,11,13H,3,7-8,10H2,1-2H3,(H2,19,22)(H,20,23)/t11-,13+/m1/s1. The predicted molar refractivity (Wildman–Crippen MR) is 93.2 cm³/mol. The molecule has 1 saturated heterocycles. The van der Waals surface area contributed by atoms with E-state index in [0.29, 0.717) is 43.2 Å². The topological polar surface area (TPSA) is 97.8 Å². The van der Waals surface area contributed by atoms with Crippen LogP contribution in [0.15, 0.2) is 28.7 Å². The third kappa shape index (κ3) is 3.55. The molecule has 0 unspecified atom stereocenters. The zero-order chi connectivity index (χ0) is 18.0. The highest BCUT2D eigenvalue weighted by molar-refractivity contribution is 5.84. The van der Waals surface area contributed by atoms with E-state index in [9.17, 15) is 9.59 Å². The lowest BCUT2D eigenvalue weighted by molar-refractivity contribution is -0.121. The van der Waals surface area contributed by atoms with Crippen LogP contribution in [-0.2, 0) is 4.79 Å². The van der Waals surface area contributed by atoms with Gasteiger partial charge in [-0.25, -0.2) is 4.79 Å². The number of furan rings is 1. The van der Waals surface area contributed by atoms with Gasteiger partial charge in [-0.3, -0.25) is 4.79 Å².